The monoisotopic (exact) mass is 256 g/mol. The fourth-order valence-corrected chi connectivity index (χ4v) is 2.07. The van der Waals surface area contributed by atoms with E-state index in [4.69, 9.17) is 4.74 Å². The average molecular weight is 256 g/mol. The summed E-state index contributed by atoms with van der Waals surface area (Å²) >= 11 is 0. The summed E-state index contributed by atoms with van der Waals surface area (Å²) in [7, 11) is 0. The molecule has 0 aliphatic carbocycles. The van der Waals surface area contributed by atoms with Crippen molar-refractivity contribution in [3.63, 3.8) is 0 Å². The largest absolute Gasteiger partial charge is 0.466 e. The van der Waals surface area contributed by atoms with Gasteiger partial charge in [0.05, 0.1) is 19.6 Å². The minimum Gasteiger partial charge on any atom is -0.466 e. The zero-order valence-electron chi connectivity index (χ0n) is 11.5. The Labute approximate surface area is 109 Å². The lowest BCUT2D eigenvalue weighted by Gasteiger charge is -2.33. The van der Waals surface area contributed by atoms with Gasteiger partial charge in [-0.05, 0) is 13.5 Å². The van der Waals surface area contributed by atoms with Gasteiger partial charge in [0.2, 0.25) is 0 Å². The second-order valence-corrected chi connectivity index (χ2v) is 4.55. The molecule has 1 rings (SSSR count). The molecule has 104 valence electrons. The molecule has 18 heavy (non-hydrogen) atoms. The molecule has 0 aromatic heterocycles. The first kappa shape index (κ1) is 15.1. The summed E-state index contributed by atoms with van der Waals surface area (Å²) < 4.78 is 4.80. The van der Waals surface area contributed by atoms with Crippen LogP contribution in [0.25, 0.3) is 0 Å². The van der Waals surface area contributed by atoms with Crippen molar-refractivity contribution < 1.29 is 14.3 Å². The van der Waals surface area contributed by atoms with Crippen molar-refractivity contribution in [2.24, 2.45) is 0 Å². The first-order chi connectivity index (χ1) is 8.65. The molecule has 5 heteroatoms. The number of carbonyl (C=O) groups excluding carboxylic acids is 2. The molecule has 0 aromatic rings. The maximum atomic E-state index is 11.7. The highest BCUT2D eigenvalue weighted by Gasteiger charge is 2.18. The lowest BCUT2D eigenvalue weighted by Crippen LogP contribution is -2.47. The molecule has 0 saturated carbocycles. The predicted octanol–water partition coefficient (Wildman–Crippen LogP) is 0.536. The number of ether oxygens (including phenoxy) is 1. The second-order valence-electron chi connectivity index (χ2n) is 4.55. The maximum absolute atomic E-state index is 11.7. The van der Waals surface area contributed by atoms with Crippen LogP contribution in [-0.4, -0.2) is 67.4 Å². The van der Waals surface area contributed by atoms with E-state index in [0.717, 1.165) is 32.7 Å². The van der Waals surface area contributed by atoms with Crippen molar-refractivity contribution in [1.29, 1.82) is 0 Å². The van der Waals surface area contributed by atoms with E-state index in [1.165, 1.54) is 0 Å². The summed E-state index contributed by atoms with van der Waals surface area (Å²) in [6, 6.07) is 0. The molecule has 0 radical (unpaired) electrons. The van der Waals surface area contributed by atoms with Crippen LogP contribution >= 0.6 is 0 Å². The van der Waals surface area contributed by atoms with Gasteiger partial charge in [-0.15, -0.1) is 0 Å². The van der Waals surface area contributed by atoms with Crippen molar-refractivity contribution in [3.8, 4) is 0 Å². The number of hydrogen-bond donors (Lipinski definition) is 0. The lowest BCUT2D eigenvalue weighted by molar-refractivity contribution is -0.144. The van der Waals surface area contributed by atoms with Gasteiger partial charge in [-0.2, -0.15) is 0 Å². The first-order valence-electron chi connectivity index (χ1n) is 6.77. The fourth-order valence-electron chi connectivity index (χ4n) is 2.07. The summed E-state index contributed by atoms with van der Waals surface area (Å²) in [5.41, 5.74) is 0. The molecule has 5 nitrogen and oxygen atoms in total. The number of Topliss-reactive ketones (excluding diaryl/α,β-unsaturated/α-hetero) is 1. The van der Waals surface area contributed by atoms with Crippen LogP contribution in [0.3, 0.4) is 0 Å². The van der Waals surface area contributed by atoms with Crippen molar-refractivity contribution >= 4 is 11.8 Å². The van der Waals surface area contributed by atoms with E-state index in [0.29, 0.717) is 19.6 Å². The topological polar surface area (TPSA) is 49.9 Å². The van der Waals surface area contributed by atoms with Crippen molar-refractivity contribution in [2.75, 3.05) is 45.9 Å². The van der Waals surface area contributed by atoms with Gasteiger partial charge in [-0.25, -0.2) is 0 Å². The quantitative estimate of drug-likeness (QED) is 0.622. The number of esters is 1. The number of ketones is 1. The van der Waals surface area contributed by atoms with Crippen molar-refractivity contribution in [1.82, 2.24) is 9.80 Å². The third kappa shape index (κ3) is 5.60. The Morgan fingerprint density at radius 1 is 1.00 bits per heavy atom. The van der Waals surface area contributed by atoms with Crippen LogP contribution in [0.15, 0.2) is 0 Å². The number of piperazine rings is 1. The number of nitrogens with zero attached hydrogens (tertiary/aromatic N) is 2. The molecule has 1 fully saturated rings. The lowest BCUT2D eigenvalue weighted by atomic mass is 10.2. The summed E-state index contributed by atoms with van der Waals surface area (Å²) in [4.78, 5) is 27.4. The molecule has 1 saturated heterocycles. The highest BCUT2D eigenvalue weighted by molar-refractivity contribution is 5.84. The second kappa shape index (κ2) is 8.21. The summed E-state index contributed by atoms with van der Waals surface area (Å²) in [5.74, 6) is -0.144. The Bertz CT molecular complexity index is 273. The summed E-state index contributed by atoms with van der Waals surface area (Å²) in [5, 5.41) is 0. The van der Waals surface area contributed by atoms with Gasteiger partial charge in [-0.1, -0.05) is 6.92 Å². The van der Waals surface area contributed by atoms with Gasteiger partial charge in [-0.3, -0.25) is 14.5 Å². The SMILES string of the molecule is CCOC(=O)CCC(=O)CN1CCN(CC)CC1. The van der Waals surface area contributed by atoms with Gasteiger partial charge in [0.1, 0.15) is 5.78 Å². The minimum atomic E-state index is -0.276. The molecule has 0 N–H and O–H groups in total. The predicted molar refractivity (Wildman–Crippen MR) is 69.4 cm³/mol. The molecule has 0 atom stereocenters. The van der Waals surface area contributed by atoms with Crippen LogP contribution < -0.4 is 0 Å². The van der Waals surface area contributed by atoms with Crippen LogP contribution in [0.2, 0.25) is 0 Å². The van der Waals surface area contributed by atoms with Gasteiger partial charge in [0.25, 0.3) is 0 Å². The molecule has 0 unspecified atom stereocenters. The van der Waals surface area contributed by atoms with E-state index in [-0.39, 0.29) is 18.2 Å². The van der Waals surface area contributed by atoms with E-state index >= 15 is 0 Å². The normalized spacial score (nSPS) is 17.7. The van der Waals surface area contributed by atoms with E-state index in [1.807, 2.05) is 0 Å². The summed E-state index contributed by atoms with van der Waals surface area (Å²) in [6.45, 7) is 9.79. The third-order valence-corrected chi connectivity index (χ3v) is 3.23. The molecule has 1 aliphatic heterocycles. The third-order valence-electron chi connectivity index (χ3n) is 3.23. The Kier molecular flexibility index (Phi) is 6.90. The van der Waals surface area contributed by atoms with Crippen LogP contribution in [0, 0.1) is 0 Å². The first-order valence-corrected chi connectivity index (χ1v) is 6.77. The Hall–Kier alpha value is -0.940. The molecule has 0 spiro atoms. The Morgan fingerprint density at radius 2 is 1.61 bits per heavy atom. The average Bonchev–Trinajstić information content (AvgIpc) is 2.38. The zero-order valence-corrected chi connectivity index (χ0v) is 11.5. The van der Waals surface area contributed by atoms with E-state index in [2.05, 4.69) is 16.7 Å². The summed E-state index contributed by atoms with van der Waals surface area (Å²) in [6.07, 6.45) is 0.508. The van der Waals surface area contributed by atoms with Crippen molar-refractivity contribution in [3.05, 3.63) is 0 Å². The maximum Gasteiger partial charge on any atom is 0.306 e. The van der Waals surface area contributed by atoms with Crippen LogP contribution in [0.1, 0.15) is 26.7 Å². The minimum absolute atomic E-state index is 0.132. The molecule has 0 aromatic carbocycles. The Balaban J connectivity index is 2.15. The highest BCUT2D eigenvalue weighted by atomic mass is 16.5. The van der Waals surface area contributed by atoms with Gasteiger partial charge >= 0.3 is 5.97 Å². The van der Waals surface area contributed by atoms with Crippen molar-refractivity contribution in [2.45, 2.75) is 26.7 Å². The van der Waals surface area contributed by atoms with Crippen LogP contribution in [-0.2, 0) is 14.3 Å². The fraction of sp³-hybridized carbons (Fsp3) is 0.846. The molecule has 1 heterocycles. The van der Waals surface area contributed by atoms with Gasteiger partial charge < -0.3 is 9.64 Å². The van der Waals surface area contributed by atoms with Gasteiger partial charge in [0.15, 0.2) is 0 Å². The molecule has 1 aliphatic rings. The molecule has 0 amide bonds. The number of carbonyl (C=O) groups is 2. The van der Waals surface area contributed by atoms with Crippen LogP contribution in [0.5, 0.6) is 0 Å². The standard InChI is InChI=1S/C13H24N2O3/c1-3-14-7-9-15(10-8-14)11-12(16)5-6-13(17)18-4-2/h3-11H2,1-2H3. The number of rotatable bonds is 7. The van der Waals surface area contributed by atoms with E-state index in [9.17, 15) is 9.59 Å². The molecule has 0 bridgehead atoms. The van der Waals surface area contributed by atoms with Crippen LogP contribution in [0.4, 0.5) is 0 Å². The highest BCUT2D eigenvalue weighted by Crippen LogP contribution is 2.03. The molecular formula is C13H24N2O3. The van der Waals surface area contributed by atoms with E-state index in [1.54, 1.807) is 6.92 Å². The number of likely N-dealkylation sites (N-methyl/N-ethyl adjacent to an activating group) is 1. The Morgan fingerprint density at radius 3 is 2.17 bits per heavy atom. The number of hydrogen-bond acceptors (Lipinski definition) is 5. The van der Waals surface area contributed by atoms with Gasteiger partial charge in [0, 0.05) is 32.6 Å². The zero-order chi connectivity index (χ0) is 13.4. The van der Waals surface area contributed by atoms with E-state index < -0.39 is 0 Å². The smallest absolute Gasteiger partial charge is 0.306 e. The molecular weight excluding hydrogens is 232 g/mol.